The van der Waals surface area contributed by atoms with E-state index in [1.54, 1.807) is 0 Å². The minimum atomic E-state index is -2.17. The van der Waals surface area contributed by atoms with Crippen molar-refractivity contribution in [3.63, 3.8) is 0 Å². The Kier molecular flexibility index (Phi) is 9.24. The maximum Gasteiger partial charge on any atom is 1.00 e. The van der Waals surface area contributed by atoms with Crippen LogP contribution < -0.4 is 29.6 Å². The molecule has 0 aliphatic carbocycles. The van der Waals surface area contributed by atoms with Crippen LogP contribution in [0.3, 0.4) is 0 Å². The molecule has 26 valence electrons. The molecule has 0 aromatic rings. The monoisotopic (exact) mass is 87.0 g/mol. The van der Waals surface area contributed by atoms with Gasteiger partial charge in [0.05, 0.1) is 0 Å². The second kappa shape index (κ2) is 4.94. The third-order valence-corrected chi connectivity index (χ3v) is 0. The molecule has 3 nitrogen and oxygen atoms in total. The van der Waals surface area contributed by atoms with Crippen molar-refractivity contribution in [2.45, 2.75) is 0 Å². The molecule has 0 saturated carbocycles. The molecule has 0 spiro atoms. The summed E-state index contributed by atoms with van der Waals surface area (Å²) in [4.78, 5) is 0. The quantitative estimate of drug-likeness (QED) is 0.259. The van der Waals surface area contributed by atoms with Crippen molar-refractivity contribution in [1.82, 2.24) is 0 Å². The first-order chi connectivity index (χ1) is 1.73. The molecule has 0 radical (unpaired) electrons. The summed E-state index contributed by atoms with van der Waals surface area (Å²) in [6.07, 6.45) is 0. The summed E-state index contributed by atoms with van der Waals surface area (Å²) in [5.74, 6) is 0. The van der Waals surface area contributed by atoms with Crippen LogP contribution >= 0.6 is 0 Å². The Morgan fingerprint density at radius 1 is 1.20 bits per heavy atom. The van der Waals surface area contributed by atoms with E-state index in [1.807, 2.05) is 0 Å². The van der Waals surface area contributed by atoms with Gasteiger partial charge in [0.25, 0.3) is 0 Å². The first-order valence-electron chi connectivity index (χ1n) is 0.775. The molecule has 0 amide bonds. The average molecular weight is 86.8 g/mol. The molecule has 0 rings (SSSR count). The molecular weight excluding hydrogens is 81.8 g/mol. The summed E-state index contributed by atoms with van der Waals surface area (Å²) in [5.41, 5.74) is 0. The van der Waals surface area contributed by atoms with Crippen molar-refractivity contribution in [2.75, 3.05) is 0 Å². The molecule has 5 heteroatoms. The molecule has 0 fully saturated rings. The summed E-state index contributed by atoms with van der Waals surface area (Å²) in [6.45, 7) is 0. The molecule has 5 heavy (non-hydrogen) atoms. The van der Waals surface area contributed by atoms with Crippen molar-refractivity contribution in [3.8, 4) is 0 Å². The minimum Gasteiger partial charge on any atom is -1.00 e. The summed E-state index contributed by atoms with van der Waals surface area (Å²) in [5, 5.41) is 21.5. The molecule has 3 N–H and O–H groups in total. The van der Waals surface area contributed by atoms with Crippen LogP contribution in [0.15, 0.2) is 0 Å². The fraction of sp³-hybridized carbons (Fsp3) is 0. The first-order valence-corrected chi connectivity index (χ1v) is 0.775. The Morgan fingerprint density at radius 3 is 1.20 bits per heavy atom. The van der Waals surface area contributed by atoms with Crippen LogP contribution in [0.2, 0.25) is 0 Å². The van der Waals surface area contributed by atoms with E-state index < -0.39 is 7.32 Å². The average Bonchev–Trinajstić information content (AvgIpc) is 0.811. The topological polar surface area (TPSA) is 60.7 Å². The fourth-order valence-electron chi connectivity index (χ4n) is 0. The number of hydrogen-bond donors (Lipinski definition) is 3. The van der Waals surface area contributed by atoms with Gasteiger partial charge >= 0.3 is 36.9 Å². The Hall–Kier alpha value is 0.945. The van der Waals surface area contributed by atoms with E-state index in [2.05, 4.69) is 0 Å². The van der Waals surface area contributed by atoms with Crippen molar-refractivity contribution >= 4 is 7.32 Å². The standard InChI is InChI=1S/BH3O3.Na.H/c2-1(3)4;;/h2-4H;;/q;+1;-1/i;;1+1. The van der Waals surface area contributed by atoms with Crippen molar-refractivity contribution in [2.24, 2.45) is 0 Å². The van der Waals surface area contributed by atoms with Gasteiger partial charge in [0.15, 0.2) is 0 Å². The number of hydrogen-bond acceptors (Lipinski definition) is 3. The number of rotatable bonds is 0. The zero-order valence-corrected chi connectivity index (χ0v) is 4.92. The van der Waals surface area contributed by atoms with Gasteiger partial charge in [-0.2, -0.15) is 0 Å². The Morgan fingerprint density at radius 2 is 1.20 bits per heavy atom. The molecule has 0 heterocycles. The predicted molar refractivity (Wildman–Crippen MR) is 13.5 cm³/mol. The molecule has 0 atom stereocenters. The van der Waals surface area contributed by atoms with Gasteiger partial charge in [-0.25, -0.2) is 0 Å². The van der Waals surface area contributed by atoms with Gasteiger partial charge in [-0.1, -0.05) is 0 Å². The van der Waals surface area contributed by atoms with Gasteiger partial charge in [0.1, 0.15) is 0 Å². The Balaban J connectivity index is -0.0000000450. The molecular formula is H4BNaO3. The van der Waals surface area contributed by atoms with Crippen LogP contribution in [0.25, 0.3) is 0 Å². The molecule has 0 aromatic heterocycles. The van der Waals surface area contributed by atoms with E-state index in [0.717, 1.165) is 0 Å². The minimum absolute atomic E-state index is 0. The molecule has 0 aliphatic rings. The van der Waals surface area contributed by atoms with E-state index in [1.165, 1.54) is 0 Å². The molecule has 0 aromatic carbocycles. The third-order valence-electron chi connectivity index (χ3n) is 0. The zero-order chi connectivity index (χ0) is 3.58. The molecule has 0 bridgehead atoms. The van der Waals surface area contributed by atoms with E-state index in [9.17, 15) is 0 Å². The van der Waals surface area contributed by atoms with Gasteiger partial charge in [-0.05, 0) is 0 Å². The first kappa shape index (κ1) is 9.34. The fourth-order valence-corrected chi connectivity index (χ4v) is 0. The van der Waals surface area contributed by atoms with Gasteiger partial charge in [0.2, 0.25) is 0 Å². The molecule has 0 aliphatic heterocycles. The Bertz CT molecular complexity index is 15.5. The summed E-state index contributed by atoms with van der Waals surface area (Å²) >= 11 is 0. The van der Waals surface area contributed by atoms with Crippen LogP contribution in [-0.2, 0) is 0 Å². The van der Waals surface area contributed by atoms with Crippen molar-refractivity contribution in [3.05, 3.63) is 0 Å². The van der Waals surface area contributed by atoms with E-state index in [4.69, 9.17) is 15.1 Å². The second-order valence-corrected chi connectivity index (χ2v) is 0.346. The van der Waals surface area contributed by atoms with Gasteiger partial charge in [-0.3, -0.25) is 0 Å². The van der Waals surface area contributed by atoms with Gasteiger partial charge < -0.3 is 16.5 Å². The zero-order valence-electron chi connectivity index (χ0n) is 3.92. The van der Waals surface area contributed by atoms with Gasteiger partial charge in [-0.15, -0.1) is 0 Å². The summed E-state index contributed by atoms with van der Waals surface area (Å²) in [6, 6.07) is 0. The van der Waals surface area contributed by atoms with Crippen molar-refractivity contribution in [1.29, 1.82) is 0 Å². The maximum absolute atomic E-state index is 7.17. The second-order valence-electron chi connectivity index (χ2n) is 0.346. The molecule has 0 unspecified atom stereocenters. The van der Waals surface area contributed by atoms with E-state index in [-0.39, 0.29) is 31.0 Å². The van der Waals surface area contributed by atoms with Crippen molar-refractivity contribution < 1.29 is 46.1 Å². The molecule has 0 saturated heterocycles. The van der Waals surface area contributed by atoms with Crippen LogP contribution in [0.1, 0.15) is 1.43 Å². The van der Waals surface area contributed by atoms with E-state index in [0.29, 0.717) is 0 Å². The van der Waals surface area contributed by atoms with Gasteiger partial charge in [0, 0.05) is 0 Å². The van der Waals surface area contributed by atoms with Crippen LogP contribution in [0.4, 0.5) is 0 Å². The SMILES string of the molecule is OB(O)O.[2H-].[Na+]. The predicted octanol–water partition coefficient (Wildman–Crippen LogP) is -4.94. The summed E-state index contributed by atoms with van der Waals surface area (Å²) < 4.78 is 0. The summed E-state index contributed by atoms with van der Waals surface area (Å²) in [7, 11) is -2.17. The van der Waals surface area contributed by atoms with Crippen LogP contribution in [0.5, 0.6) is 0 Å². The largest absolute Gasteiger partial charge is 1.00 e. The van der Waals surface area contributed by atoms with E-state index >= 15 is 0 Å². The maximum atomic E-state index is 7.17. The Labute approximate surface area is 53.6 Å². The van der Waals surface area contributed by atoms with Crippen LogP contribution in [0, 0.1) is 0 Å². The van der Waals surface area contributed by atoms with Crippen LogP contribution in [-0.4, -0.2) is 22.4 Å². The normalized spacial score (nSPS) is 5.40. The smallest absolute Gasteiger partial charge is 1.00 e. The third kappa shape index (κ3) is 48.0.